The number of nitrogens with zero attached hydrogens (tertiary/aromatic N) is 3. The van der Waals surface area contributed by atoms with E-state index in [9.17, 15) is 9.59 Å². The van der Waals surface area contributed by atoms with Crippen molar-refractivity contribution in [1.82, 2.24) is 14.9 Å². The Balaban J connectivity index is 0.000000293. The van der Waals surface area contributed by atoms with Crippen LogP contribution in [0.1, 0.15) is 46.2 Å². The lowest BCUT2D eigenvalue weighted by Crippen LogP contribution is -2.42. The number of carbonyl (C=O) groups is 2. The van der Waals surface area contributed by atoms with E-state index in [0.29, 0.717) is 13.1 Å². The average Bonchev–Trinajstić information content (AvgIpc) is 2.54. The van der Waals surface area contributed by atoms with Crippen LogP contribution in [0, 0.1) is 12.8 Å². The highest BCUT2D eigenvalue weighted by molar-refractivity contribution is 7.98. The van der Waals surface area contributed by atoms with Gasteiger partial charge in [-0.3, -0.25) is 4.79 Å². The lowest BCUT2D eigenvalue weighted by molar-refractivity contribution is -0.122. The Kier molecular flexibility index (Phi) is 8.35. The van der Waals surface area contributed by atoms with Gasteiger partial charge in [0.2, 0.25) is 0 Å². The van der Waals surface area contributed by atoms with Crippen LogP contribution in [0.15, 0.2) is 17.4 Å². The molecule has 1 aliphatic heterocycles. The number of Topliss-reactive ketones (excluding diaryl/α,β-unsaturated/α-hetero) is 1. The van der Waals surface area contributed by atoms with E-state index < -0.39 is 5.60 Å². The monoisotopic (exact) mass is 367 g/mol. The predicted octanol–water partition coefficient (Wildman–Crippen LogP) is 3.73. The summed E-state index contributed by atoms with van der Waals surface area (Å²) >= 11 is 1.56. The van der Waals surface area contributed by atoms with E-state index in [-0.39, 0.29) is 17.8 Å². The summed E-state index contributed by atoms with van der Waals surface area (Å²) in [5.41, 5.74) is 0.573. The third-order valence-corrected chi connectivity index (χ3v) is 4.24. The Bertz CT molecular complexity index is 579. The number of thioether (sulfide) groups is 1. The van der Waals surface area contributed by atoms with Gasteiger partial charge in [-0.1, -0.05) is 11.8 Å². The molecule has 1 amide bonds. The zero-order valence-corrected chi connectivity index (χ0v) is 16.9. The Hall–Kier alpha value is -1.63. The molecule has 0 atom stereocenters. The van der Waals surface area contributed by atoms with Gasteiger partial charge in [0, 0.05) is 30.9 Å². The second-order valence-electron chi connectivity index (χ2n) is 7.04. The summed E-state index contributed by atoms with van der Waals surface area (Å²) < 4.78 is 5.27. The van der Waals surface area contributed by atoms with Gasteiger partial charge in [0.15, 0.2) is 5.16 Å². The quantitative estimate of drug-likeness (QED) is 0.586. The van der Waals surface area contributed by atoms with Crippen LogP contribution in [0.3, 0.4) is 0 Å². The van der Waals surface area contributed by atoms with Crippen molar-refractivity contribution in [3.63, 3.8) is 0 Å². The van der Waals surface area contributed by atoms with E-state index in [1.54, 1.807) is 29.8 Å². The van der Waals surface area contributed by atoms with Crippen molar-refractivity contribution >= 4 is 23.6 Å². The number of likely N-dealkylation sites (tertiary alicyclic amines) is 1. The SMILES string of the molecule is CC(=O)C1CCN(C(=O)OC(C)(C)C)CC1.CSc1nccc(C)n1. The predicted molar refractivity (Wildman–Crippen MR) is 99.8 cm³/mol. The molecule has 1 fully saturated rings. The fourth-order valence-corrected chi connectivity index (χ4v) is 2.72. The van der Waals surface area contributed by atoms with Crippen LogP contribution in [-0.2, 0) is 9.53 Å². The molecule has 2 heterocycles. The molecule has 1 aromatic heterocycles. The lowest BCUT2D eigenvalue weighted by Gasteiger charge is -2.32. The Morgan fingerprint density at radius 3 is 2.28 bits per heavy atom. The van der Waals surface area contributed by atoms with Crippen LogP contribution < -0.4 is 0 Å². The number of amides is 1. The van der Waals surface area contributed by atoms with Crippen LogP contribution >= 0.6 is 11.8 Å². The zero-order valence-electron chi connectivity index (χ0n) is 16.0. The summed E-state index contributed by atoms with van der Waals surface area (Å²) in [6.45, 7) is 10.4. The first-order valence-corrected chi connectivity index (χ1v) is 9.67. The number of ether oxygens (including phenoxy) is 1. The Morgan fingerprint density at radius 2 is 1.88 bits per heavy atom. The number of rotatable bonds is 2. The number of aryl methyl sites for hydroxylation is 1. The molecular weight excluding hydrogens is 338 g/mol. The molecule has 0 saturated carbocycles. The first kappa shape index (κ1) is 21.4. The van der Waals surface area contributed by atoms with Gasteiger partial charge in [-0.2, -0.15) is 0 Å². The van der Waals surface area contributed by atoms with Crippen molar-refractivity contribution in [1.29, 1.82) is 0 Å². The largest absolute Gasteiger partial charge is 0.444 e. The van der Waals surface area contributed by atoms with Gasteiger partial charge in [-0.05, 0) is 59.8 Å². The molecule has 7 heteroatoms. The highest BCUT2D eigenvalue weighted by Gasteiger charge is 2.28. The molecule has 0 aromatic carbocycles. The molecule has 0 radical (unpaired) electrons. The number of carbonyl (C=O) groups excluding carboxylic acids is 2. The lowest BCUT2D eigenvalue weighted by atomic mass is 9.94. The summed E-state index contributed by atoms with van der Waals surface area (Å²) in [6, 6.07) is 1.89. The molecule has 0 spiro atoms. The van der Waals surface area contributed by atoms with Gasteiger partial charge >= 0.3 is 6.09 Å². The van der Waals surface area contributed by atoms with Crippen LogP contribution in [0.25, 0.3) is 0 Å². The molecule has 25 heavy (non-hydrogen) atoms. The van der Waals surface area contributed by atoms with Gasteiger partial charge in [0.25, 0.3) is 0 Å². The Labute approximate surface area is 154 Å². The molecule has 0 N–H and O–H groups in total. The fourth-order valence-electron chi connectivity index (χ4n) is 2.32. The molecular formula is C18H29N3O3S. The van der Waals surface area contributed by atoms with E-state index in [4.69, 9.17) is 4.74 Å². The van der Waals surface area contributed by atoms with Gasteiger partial charge in [-0.25, -0.2) is 14.8 Å². The molecule has 2 rings (SSSR count). The maximum Gasteiger partial charge on any atom is 0.410 e. The van der Waals surface area contributed by atoms with Crippen molar-refractivity contribution in [3.8, 4) is 0 Å². The van der Waals surface area contributed by atoms with Crippen LogP contribution in [0.5, 0.6) is 0 Å². The molecule has 0 unspecified atom stereocenters. The molecule has 1 aromatic rings. The maximum atomic E-state index is 11.7. The number of hydrogen-bond acceptors (Lipinski definition) is 6. The summed E-state index contributed by atoms with van der Waals surface area (Å²) in [7, 11) is 0. The summed E-state index contributed by atoms with van der Waals surface area (Å²) in [5.74, 6) is 0.350. The normalized spacial score (nSPS) is 15.2. The molecule has 0 aliphatic carbocycles. The minimum atomic E-state index is -0.450. The first-order chi connectivity index (χ1) is 11.6. The topological polar surface area (TPSA) is 72.4 Å². The van der Waals surface area contributed by atoms with Gasteiger partial charge < -0.3 is 9.64 Å². The second kappa shape index (κ2) is 9.75. The van der Waals surface area contributed by atoms with Crippen LogP contribution in [0.4, 0.5) is 4.79 Å². The highest BCUT2D eigenvalue weighted by Crippen LogP contribution is 2.20. The van der Waals surface area contributed by atoms with E-state index in [2.05, 4.69) is 9.97 Å². The van der Waals surface area contributed by atoms with Crippen LogP contribution in [-0.4, -0.2) is 51.7 Å². The number of hydrogen-bond donors (Lipinski definition) is 0. The minimum Gasteiger partial charge on any atom is -0.444 e. The standard InChI is InChI=1S/C12H21NO3.C6H8N2S/c1-9(14)10-5-7-13(8-6-10)11(15)16-12(2,3)4;1-5-3-4-7-6(8-5)9-2/h10H,5-8H2,1-4H3;3-4H,1-2H3. The summed E-state index contributed by atoms with van der Waals surface area (Å²) in [6.07, 6.45) is 4.99. The van der Waals surface area contributed by atoms with Crippen LogP contribution in [0.2, 0.25) is 0 Å². The van der Waals surface area contributed by atoms with Gasteiger partial charge in [0.1, 0.15) is 11.4 Å². The third kappa shape index (κ3) is 8.34. The van der Waals surface area contributed by atoms with E-state index in [0.717, 1.165) is 23.7 Å². The molecule has 6 nitrogen and oxygen atoms in total. The minimum absolute atomic E-state index is 0.124. The van der Waals surface area contributed by atoms with Crippen molar-refractivity contribution in [3.05, 3.63) is 18.0 Å². The first-order valence-electron chi connectivity index (χ1n) is 8.44. The van der Waals surface area contributed by atoms with Crippen molar-refractivity contribution < 1.29 is 14.3 Å². The number of piperidine rings is 1. The zero-order chi connectivity index (χ0) is 19.0. The molecule has 1 aliphatic rings. The number of ketones is 1. The molecule has 140 valence electrons. The van der Waals surface area contributed by atoms with E-state index in [1.165, 1.54) is 0 Å². The summed E-state index contributed by atoms with van der Waals surface area (Å²) in [4.78, 5) is 32.7. The third-order valence-electron chi connectivity index (χ3n) is 3.68. The van der Waals surface area contributed by atoms with Gasteiger partial charge in [-0.15, -0.1) is 0 Å². The van der Waals surface area contributed by atoms with E-state index >= 15 is 0 Å². The van der Waals surface area contributed by atoms with Crippen molar-refractivity contribution in [2.75, 3.05) is 19.3 Å². The average molecular weight is 368 g/mol. The molecule has 0 bridgehead atoms. The van der Waals surface area contributed by atoms with Crippen molar-refractivity contribution in [2.24, 2.45) is 5.92 Å². The Morgan fingerprint density at radius 1 is 1.28 bits per heavy atom. The van der Waals surface area contributed by atoms with Crippen molar-refractivity contribution in [2.45, 2.75) is 58.2 Å². The van der Waals surface area contributed by atoms with Gasteiger partial charge in [0.05, 0.1) is 0 Å². The summed E-state index contributed by atoms with van der Waals surface area (Å²) in [5, 5.41) is 0.843. The highest BCUT2D eigenvalue weighted by atomic mass is 32.2. The second-order valence-corrected chi connectivity index (χ2v) is 7.81. The van der Waals surface area contributed by atoms with E-state index in [1.807, 2.05) is 40.0 Å². The fraction of sp³-hybridized carbons (Fsp3) is 0.667. The maximum absolute atomic E-state index is 11.7. The molecule has 1 saturated heterocycles. The number of aromatic nitrogens is 2. The smallest absolute Gasteiger partial charge is 0.410 e.